The van der Waals surface area contributed by atoms with Gasteiger partial charge in [0.1, 0.15) is 0 Å². The van der Waals surface area contributed by atoms with Crippen molar-refractivity contribution in [2.75, 3.05) is 13.1 Å². The van der Waals surface area contributed by atoms with Crippen molar-refractivity contribution in [1.82, 2.24) is 4.90 Å². The molecule has 1 aliphatic rings. The minimum atomic E-state index is -0.831. The van der Waals surface area contributed by atoms with E-state index in [2.05, 4.69) is 20.8 Å². The highest BCUT2D eigenvalue weighted by Gasteiger charge is 2.31. The molecule has 102 valence electrons. The van der Waals surface area contributed by atoms with Crippen molar-refractivity contribution < 1.29 is 14.9 Å². The summed E-state index contributed by atoms with van der Waals surface area (Å²) in [5.41, 5.74) is -0.213. The fourth-order valence-electron chi connectivity index (χ4n) is 2.40. The molecular formula is C13H27NO3. The topological polar surface area (TPSA) is 52.9 Å². The van der Waals surface area contributed by atoms with Gasteiger partial charge < -0.3 is 14.9 Å². The Hall–Kier alpha value is -0.160. The number of hydrogen-bond donors (Lipinski definition) is 2. The van der Waals surface area contributed by atoms with Crippen molar-refractivity contribution in [2.24, 2.45) is 0 Å². The molecule has 1 rings (SSSR count). The monoisotopic (exact) mass is 245 g/mol. The molecule has 0 aromatic carbocycles. The summed E-state index contributed by atoms with van der Waals surface area (Å²) in [4.78, 5) is 1.91. The SMILES string of the molecule is CCC(CC)(CC)O[C@H](O)N1CCC(O)CC1. The first-order valence-electron chi connectivity index (χ1n) is 6.85. The largest absolute Gasteiger partial charge is 0.393 e. The zero-order chi connectivity index (χ0) is 12.9. The average Bonchev–Trinajstić information content (AvgIpc) is 2.37. The van der Waals surface area contributed by atoms with Gasteiger partial charge in [0, 0.05) is 13.1 Å². The predicted octanol–water partition coefficient (Wildman–Crippen LogP) is 1.70. The Morgan fingerprint density at radius 1 is 1.18 bits per heavy atom. The maximum atomic E-state index is 10.1. The highest BCUT2D eigenvalue weighted by atomic mass is 16.6. The van der Waals surface area contributed by atoms with E-state index in [1.165, 1.54) is 0 Å². The summed E-state index contributed by atoms with van der Waals surface area (Å²) >= 11 is 0. The lowest BCUT2D eigenvalue weighted by Gasteiger charge is -2.39. The summed E-state index contributed by atoms with van der Waals surface area (Å²) < 4.78 is 5.86. The zero-order valence-electron chi connectivity index (χ0n) is 11.4. The van der Waals surface area contributed by atoms with Gasteiger partial charge in [-0.25, -0.2) is 0 Å². The van der Waals surface area contributed by atoms with Gasteiger partial charge in [0.05, 0.1) is 11.7 Å². The Bertz CT molecular complexity index is 202. The van der Waals surface area contributed by atoms with Crippen LogP contribution in [0.1, 0.15) is 52.9 Å². The third-order valence-corrected chi connectivity index (χ3v) is 4.10. The molecule has 1 heterocycles. The van der Waals surface area contributed by atoms with Crippen LogP contribution in [0.25, 0.3) is 0 Å². The molecule has 0 amide bonds. The highest BCUT2D eigenvalue weighted by Crippen LogP contribution is 2.27. The van der Waals surface area contributed by atoms with Crippen LogP contribution < -0.4 is 0 Å². The second-order valence-electron chi connectivity index (χ2n) is 4.95. The lowest BCUT2D eigenvalue weighted by Crippen LogP contribution is -2.48. The molecule has 0 radical (unpaired) electrons. The molecule has 0 unspecified atom stereocenters. The fraction of sp³-hybridized carbons (Fsp3) is 1.00. The molecule has 0 aliphatic carbocycles. The van der Waals surface area contributed by atoms with Crippen LogP contribution >= 0.6 is 0 Å². The van der Waals surface area contributed by atoms with E-state index < -0.39 is 6.41 Å². The number of hydrogen-bond acceptors (Lipinski definition) is 4. The fourth-order valence-corrected chi connectivity index (χ4v) is 2.40. The van der Waals surface area contributed by atoms with Crippen molar-refractivity contribution in [3.63, 3.8) is 0 Å². The molecule has 1 saturated heterocycles. The van der Waals surface area contributed by atoms with E-state index >= 15 is 0 Å². The van der Waals surface area contributed by atoms with E-state index in [4.69, 9.17) is 4.74 Å². The Balaban J connectivity index is 2.49. The van der Waals surface area contributed by atoms with Crippen molar-refractivity contribution in [3.8, 4) is 0 Å². The van der Waals surface area contributed by atoms with Crippen LogP contribution in [0, 0.1) is 0 Å². The van der Waals surface area contributed by atoms with Crippen LogP contribution in [-0.2, 0) is 4.74 Å². The quantitative estimate of drug-likeness (QED) is 0.699. The molecule has 0 saturated carbocycles. The second-order valence-corrected chi connectivity index (χ2v) is 4.95. The molecule has 1 atom stereocenters. The first-order valence-corrected chi connectivity index (χ1v) is 6.85. The Morgan fingerprint density at radius 3 is 2.06 bits per heavy atom. The van der Waals surface area contributed by atoms with Crippen LogP contribution in [0.5, 0.6) is 0 Å². The second kappa shape index (κ2) is 6.69. The lowest BCUT2D eigenvalue weighted by molar-refractivity contribution is -0.260. The van der Waals surface area contributed by atoms with E-state index in [1.54, 1.807) is 0 Å². The van der Waals surface area contributed by atoms with Gasteiger partial charge in [-0.05, 0) is 32.1 Å². The first kappa shape index (κ1) is 14.9. The molecule has 0 aromatic heterocycles. The van der Waals surface area contributed by atoms with Crippen LogP contribution in [0.2, 0.25) is 0 Å². The molecule has 1 fully saturated rings. The van der Waals surface area contributed by atoms with E-state index in [1.807, 2.05) is 4.90 Å². The number of rotatable bonds is 6. The summed E-state index contributed by atoms with van der Waals surface area (Å²) in [6.07, 6.45) is 3.12. The van der Waals surface area contributed by atoms with Gasteiger partial charge in [-0.3, -0.25) is 4.90 Å². The molecule has 17 heavy (non-hydrogen) atoms. The first-order chi connectivity index (χ1) is 8.06. The Morgan fingerprint density at radius 2 is 1.65 bits per heavy atom. The van der Waals surface area contributed by atoms with E-state index in [0.717, 1.165) is 32.1 Å². The summed E-state index contributed by atoms with van der Waals surface area (Å²) in [6.45, 7) is 7.70. The maximum absolute atomic E-state index is 10.1. The van der Waals surface area contributed by atoms with Gasteiger partial charge in [0.25, 0.3) is 0 Å². The molecule has 2 N–H and O–H groups in total. The highest BCUT2D eigenvalue weighted by molar-refractivity contribution is 4.77. The minimum Gasteiger partial charge on any atom is -0.393 e. The van der Waals surface area contributed by atoms with Crippen LogP contribution in [0.15, 0.2) is 0 Å². The van der Waals surface area contributed by atoms with Gasteiger partial charge in [-0.15, -0.1) is 0 Å². The third kappa shape index (κ3) is 3.91. The molecule has 0 aromatic rings. The number of ether oxygens (including phenoxy) is 1. The summed E-state index contributed by atoms with van der Waals surface area (Å²) in [6, 6.07) is 0. The van der Waals surface area contributed by atoms with Gasteiger partial charge in [0.15, 0.2) is 0 Å². The predicted molar refractivity (Wildman–Crippen MR) is 67.5 cm³/mol. The van der Waals surface area contributed by atoms with Gasteiger partial charge in [0.2, 0.25) is 6.41 Å². The Labute approximate surface area is 105 Å². The number of aliphatic hydroxyl groups excluding tert-OH is 2. The van der Waals surface area contributed by atoms with E-state index in [9.17, 15) is 10.2 Å². The average molecular weight is 245 g/mol. The minimum absolute atomic E-state index is 0.213. The van der Waals surface area contributed by atoms with Gasteiger partial charge in [-0.2, -0.15) is 0 Å². The number of piperidine rings is 1. The summed E-state index contributed by atoms with van der Waals surface area (Å²) in [5, 5.41) is 19.5. The van der Waals surface area contributed by atoms with Crippen molar-refractivity contribution >= 4 is 0 Å². The number of likely N-dealkylation sites (tertiary alicyclic amines) is 1. The standard InChI is InChI=1S/C13H27NO3/c1-4-13(5-2,6-3)17-12(16)14-9-7-11(15)8-10-14/h11-12,15-16H,4-10H2,1-3H3/t12-/m0/s1. The van der Waals surface area contributed by atoms with E-state index in [-0.39, 0.29) is 11.7 Å². The van der Waals surface area contributed by atoms with Crippen molar-refractivity contribution in [2.45, 2.75) is 71.0 Å². The summed E-state index contributed by atoms with van der Waals surface area (Å²) in [5.74, 6) is 0. The molecule has 4 heteroatoms. The van der Waals surface area contributed by atoms with E-state index in [0.29, 0.717) is 13.1 Å². The zero-order valence-corrected chi connectivity index (χ0v) is 11.4. The normalized spacial score (nSPS) is 21.7. The van der Waals surface area contributed by atoms with Crippen LogP contribution in [0.3, 0.4) is 0 Å². The smallest absolute Gasteiger partial charge is 0.216 e. The maximum Gasteiger partial charge on any atom is 0.216 e. The van der Waals surface area contributed by atoms with Crippen molar-refractivity contribution in [1.29, 1.82) is 0 Å². The molecule has 1 aliphatic heterocycles. The number of aliphatic hydroxyl groups is 2. The van der Waals surface area contributed by atoms with Crippen LogP contribution in [0.4, 0.5) is 0 Å². The molecule has 4 nitrogen and oxygen atoms in total. The van der Waals surface area contributed by atoms with Crippen LogP contribution in [-0.4, -0.2) is 46.3 Å². The molecule has 0 spiro atoms. The van der Waals surface area contributed by atoms with Gasteiger partial charge >= 0.3 is 0 Å². The lowest BCUT2D eigenvalue weighted by atomic mass is 9.94. The Kier molecular flexibility index (Phi) is 5.86. The summed E-state index contributed by atoms with van der Waals surface area (Å²) in [7, 11) is 0. The number of nitrogens with zero attached hydrogens (tertiary/aromatic N) is 1. The molecule has 0 bridgehead atoms. The third-order valence-electron chi connectivity index (χ3n) is 4.10. The molecular weight excluding hydrogens is 218 g/mol. The van der Waals surface area contributed by atoms with Gasteiger partial charge in [-0.1, -0.05) is 20.8 Å². The van der Waals surface area contributed by atoms with Crippen molar-refractivity contribution in [3.05, 3.63) is 0 Å².